The van der Waals surface area contributed by atoms with E-state index in [1.165, 1.54) is 12.1 Å². The van der Waals surface area contributed by atoms with Crippen LogP contribution in [0.5, 0.6) is 0 Å². The van der Waals surface area contributed by atoms with E-state index in [9.17, 15) is 4.39 Å². The van der Waals surface area contributed by atoms with Crippen molar-refractivity contribution in [1.29, 1.82) is 0 Å². The molecular formula is C12H9ClFN5S. The summed E-state index contributed by atoms with van der Waals surface area (Å²) in [6.45, 7) is 1.88. The van der Waals surface area contributed by atoms with Crippen LogP contribution in [0.4, 0.5) is 4.39 Å². The highest BCUT2D eigenvalue weighted by molar-refractivity contribution is 7.71. The second-order valence-electron chi connectivity index (χ2n) is 4.17. The molecule has 0 fully saturated rings. The number of hydrogen-bond donors (Lipinski definition) is 2. The Morgan fingerprint density at radius 3 is 2.80 bits per heavy atom. The Hall–Kier alpha value is -1.99. The minimum absolute atomic E-state index is 0.0538. The average molecular weight is 310 g/mol. The Bertz CT molecular complexity index is 834. The van der Waals surface area contributed by atoms with Crippen molar-refractivity contribution in [3.63, 3.8) is 0 Å². The van der Waals surface area contributed by atoms with Crippen molar-refractivity contribution >= 4 is 23.8 Å². The lowest BCUT2D eigenvalue weighted by atomic mass is 10.2. The number of H-pyrrole nitrogens is 2. The van der Waals surface area contributed by atoms with Crippen LogP contribution in [0, 0.1) is 17.5 Å². The molecule has 0 saturated carbocycles. The van der Waals surface area contributed by atoms with Gasteiger partial charge in [-0.15, -0.1) is 0 Å². The largest absolute Gasteiger partial charge is 0.282 e. The van der Waals surface area contributed by atoms with Gasteiger partial charge in [0.05, 0.1) is 28.2 Å². The molecular weight excluding hydrogens is 301 g/mol. The van der Waals surface area contributed by atoms with Crippen LogP contribution in [0.15, 0.2) is 24.4 Å². The fraction of sp³-hybridized carbons (Fsp3) is 0.0833. The Morgan fingerprint density at radius 1 is 1.35 bits per heavy atom. The SMILES string of the molecule is Cc1c(-c2nc(=S)[nH][nH]2)cnn1-c1ccc(F)c(Cl)c1. The summed E-state index contributed by atoms with van der Waals surface area (Å²) in [4.78, 5) is 4.14. The monoisotopic (exact) mass is 309 g/mol. The zero-order valence-corrected chi connectivity index (χ0v) is 11.9. The molecule has 0 aliphatic rings. The molecule has 102 valence electrons. The van der Waals surface area contributed by atoms with Crippen molar-refractivity contribution in [2.75, 3.05) is 0 Å². The molecule has 0 aliphatic carbocycles. The quantitative estimate of drug-likeness (QED) is 0.713. The van der Waals surface area contributed by atoms with E-state index in [0.717, 1.165) is 11.3 Å². The second kappa shape index (κ2) is 4.84. The molecule has 0 bridgehead atoms. The summed E-state index contributed by atoms with van der Waals surface area (Å²) in [5.41, 5.74) is 2.32. The first-order valence-corrected chi connectivity index (χ1v) is 6.50. The highest BCUT2D eigenvalue weighted by atomic mass is 35.5. The highest BCUT2D eigenvalue weighted by Gasteiger charge is 2.13. The predicted octanol–water partition coefficient (Wildman–Crippen LogP) is 3.42. The molecule has 2 aromatic heterocycles. The number of aromatic amines is 2. The maximum Gasteiger partial charge on any atom is 0.213 e. The van der Waals surface area contributed by atoms with Crippen LogP contribution in [0.3, 0.4) is 0 Å². The second-order valence-corrected chi connectivity index (χ2v) is 4.96. The van der Waals surface area contributed by atoms with Crippen LogP contribution < -0.4 is 0 Å². The van der Waals surface area contributed by atoms with Crippen molar-refractivity contribution in [2.45, 2.75) is 6.92 Å². The van der Waals surface area contributed by atoms with Gasteiger partial charge in [-0.3, -0.25) is 10.2 Å². The summed E-state index contributed by atoms with van der Waals surface area (Å²) >= 11 is 10.7. The molecule has 0 unspecified atom stereocenters. The van der Waals surface area contributed by atoms with Gasteiger partial charge in [0.2, 0.25) is 4.77 Å². The van der Waals surface area contributed by atoms with Crippen LogP contribution in [0.25, 0.3) is 17.1 Å². The first-order chi connectivity index (χ1) is 9.56. The Kier molecular flexibility index (Phi) is 3.15. The molecule has 0 saturated heterocycles. The summed E-state index contributed by atoms with van der Waals surface area (Å²) in [5.74, 6) is 0.142. The number of halogens is 2. The van der Waals surface area contributed by atoms with E-state index < -0.39 is 5.82 Å². The standard InChI is InChI=1S/C12H9ClFN5S/c1-6-8(11-16-12(20)18-17-11)5-15-19(6)7-2-3-10(14)9(13)4-7/h2-5H,1H3,(H2,16,17,18,20). The lowest BCUT2D eigenvalue weighted by Gasteiger charge is -2.05. The van der Waals surface area contributed by atoms with E-state index in [0.29, 0.717) is 16.3 Å². The third kappa shape index (κ3) is 2.14. The summed E-state index contributed by atoms with van der Waals surface area (Å²) in [6, 6.07) is 4.44. The third-order valence-corrected chi connectivity index (χ3v) is 3.40. The van der Waals surface area contributed by atoms with Gasteiger partial charge >= 0.3 is 0 Å². The van der Waals surface area contributed by atoms with Crippen LogP contribution in [-0.4, -0.2) is 25.0 Å². The van der Waals surface area contributed by atoms with Crippen LogP contribution >= 0.6 is 23.8 Å². The molecule has 3 aromatic rings. The molecule has 1 aromatic carbocycles. The van der Waals surface area contributed by atoms with E-state index in [-0.39, 0.29) is 5.02 Å². The van der Waals surface area contributed by atoms with Crippen molar-refractivity contribution < 1.29 is 4.39 Å². The number of rotatable bonds is 2. The van der Waals surface area contributed by atoms with Gasteiger partial charge in [0.1, 0.15) is 5.82 Å². The molecule has 0 aliphatic heterocycles. The number of aromatic nitrogens is 5. The maximum absolute atomic E-state index is 13.2. The van der Waals surface area contributed by atoms with Crippen LogP contribution in [-0.2, 0) is 0 Å². The fourth-order valence-corrected chi connectivity index (χ4v) is 2.23. The molecule has 2 N–H and O–H groups in total. The summed E-state index contributed by atoms with van der Waals surface area (Å²) in [6.07, 6.45) is 1.66. The molecule has 0 spiro atoms. The number of nitrogens with zero attached hydrogens (tertiary/aromatic N) is 3. The van der Waals surface area contributed by atoms with Gasteiger partial charge in [-0.25, -0.2) is 9.07 Å². The third-order valence-electron chi connectivity index (χ3n) is 2.91. The topological polar surface area (TPSA) is 62.3 Å². The first kappa shape index (κ1) is 13.0. The molecule has 20 heavy (non-hydrogen) atoms. The van der Waals surface area contributed by atoms with Crippen LogP contribution in [0.1, 0.15) is 5.69 Å². The van der Waals surface area contributed by atoms with Gasteiger partial charge in [-0.1, -0.05) is 11.6 Å². The number of benzene rings is 1. The number of hydrogen-bond acceptors (Lipinski definition) is 3. The summed E-state index contributed by atoms with van der Waals surface area (Å²) in [7, 11) is 0. The normalized spacial score (nSPS) is 10.9. The molecule has 0 atom stereocenters. The molecule has 2 heterocycles. The zero-order chi connectivity index (χ0) is 14.3. The minimum atomic E-state index is -0.461. The molecule has 3 rings (SSSR count). The maximum atomic E-state index is 13.2. The fourth-order valence-electron chi connectivity index (χ4n) is 1.92. The molecule has 8 heteroatoms. The van der Waals surface area contributed by atoms with Crippen molar-refractivity contribution in [3.8, 4) is 17.1 Å². The number of nitrogens with one attached hydrogen (secondary N) is 2. The Morgan fingerprint density at radius 2 is 2.15 bits per heavy atom. The zero-order valence-electron chi connectivity index (χ0n) is 10.3. The van der Waals surface area contributed by atoms with Crippen molar-refractivity contribution in [1.82, 2.24) is 25.0 Å². The van der Waals surface area contributed by atoms with Gasteiger partial charge in [0, 0.05) is 0 Å². The smallest absolute Gasteiger partial charge is 0.213 e. The van der Waals surface area contributed by atoms with E-state index in [4.69, 9.17) is 23.8 Å². The highest BCUT2D eigenvalue weighted by Crippen LogP contribution is 2.24. The van der Waals surface area contributed by atoms with Gasteiger partial charge in [-0.2, -0.15) is 10.1 Å². The van der Waals surface area contributed by atoms with Crippen molar-refractivity contribution in [3.05, 3.63) is 45.7 Å². The Balaban J connectivity index is 2.10. The van der Waals surface area contributed by atoms with Crippen molar-refractivity contribution in [2.24, 2.45) is 0 Å². The van der Waals surface area contributed by atoms with E-state index in [1.807, 2.05) is 6.92 Å². The average Bonchev–Trinajstić information content (AvgIpc) is 2.99. The first-order valence-electron chi connectivity index (χ1n) is 5.71. The van der Waals surface area contributed by atoms with E-state index in [2.05, 4.69) is 20.3 Å². The van der Waals surface area contributed by atoms with Gasteiger partial charge in [0.15, 0.2) is 5.82 Å². The molecule has 0 amide bonds. The minimum Gasteiger partial charge on any atom is -0.282 e. The lowest BCUT2D eigenvalue weighted by Crippen LogP contribution is -1.99. The van der Waals surface area contributed by atoms with Gasteiger partial charge < -0.3 is 0 Å². The summed E-state index contributed by atoms with van der Waals surface area (Å²) < 4.78 is 15.2. The summed E-state index contributed by atoms with van der Waals surface area (Å²) in [5, 5.41) is 9.92. The Labute approximate surface area is 123 Å². The molecule has 5 nitrogen and oxygen atoms in total. The van der Waals surface area contributed by atoms with E-state index >= 15 is 0 Å². The van der Waals surface area contributed by atoms with E-state index in [1.54, 1.807) is 16.9 Å². The predicted molar refractivity (Wildman–Crippen MR) is 76.0 cm³/mol. The van der Waals surface area contributed by atoms with Gasteiger partial charge in [0.25, 0.3) is 0 Å². The van der Waals surface area contributed by atoms with Crippen LogP contribution in [0.2, 0.25) is 5.02 Å². The van der Waals surface area contributed by atoms with Gasteiger partial charge in [-0.05, 0) is 37.3 Å². The lowest BCUT2D eigenvalue weighted by molar-refractivity contribution is 0.627. The molecule has 0 radical (unpaired) electrons.